The lowest BCUT2D eigenvalue weighted by molar-refractivity contribution is -0.137. The molecular formula is C22H24N4O4. The number of likely N-dealkylation sites (N-methyl/N-ethyl adjacent to an activating group) is 1. The average Bonchev–Trinajstić information content (AvgIpc) is 2.96. The first-order valence-electron chi connectivity index (χ1n) is 9.54. The molecule has 0 unspecified atom stereocenters. The number of hydrogen-bond acceptors (Lipinski definition) is 6. The van der Waals surface area contributed by atoms with E-state index in [1.165, 1.54) is 17.0 Å². The number of carbonyl (C=O) groups excluding carboxylic acids is 3. The summed E-state index contributed by atoms with van der Waals surface area (Å²) in [6.45, 7) is 2.27. The van der Waals surface area contributed by atoms with Crippen molar-refractivity contribution in [3.8, 4) is 5.75 Å². The molecule has 156 valence electrons. The molecule has 2 aromatic carbocycles. The van der Waals surface area contributed by atoms with Gasteiger partial charge in [0.05, 0.1) is 11.3 Å². The Hall–Kier alpha value is -3.81. The molecule has 8 nitrogen and oxygen atoms in total. The molecule has 0 atom stereocenters. The molecule has 0 saturated heterocycles. The molecular weight excluding hydrogens is 384 g/mol. The second-order valence-electron chi connectivity index (χ2n) is 6.97. The number of carbonyl (C=O) groups is 3. The van der Waals surface area contributed by atoms with E-state index in [2.05, 4.69) is 10.6 Å². The lowest BCUT2D eigenvalue weighted by Gasteiger charge is -2.15. The molecule has 0 spiro atoms. The van der Waals surface area contributed by atoms with Gasteiger partial charge < -0.3 is 20.6 Å². The first-order chi connectivity index (χ1) is 14.3. The fraction of sp³-hybridized carbons (Fsp3) is 0.227. The Labute approximate surface area is 174 Å². The van der Waals surface area contributed by atoms with E-state index < -0.39 is 11.8 Å². The van der Waals surface area contributed by atoms with Crippen LogP contribution in [-0.2, 0) is 16.1 Å². The van der Waals surface area contributed by atoms with E-state index in [1.807, 2.05) is 30.3 Å². The molecule has 0 aliphatic carbocycles. The van der Waals surface area contributed by atoms with Gasteiger partial charge in [-0.25, -0.2) is 0 Å². The Bertz CT molecular complexity index is 1020. The maximum absolute atomic E-state index is 12.8. The lowest BCUT2D eigenvalue weighted by atomic mass is 10.1. The number of para-hydroxylation sites is 1. The molecule has 3 amide bonds. The third-order valence-electron chi connectivity index (χ3n) is 4.73. The number of rotatable bonds is 7. The zero-order valence-corrected chi connectivity index (χ0v) is 17.1. The highest BCUT2D eigenvalue weighted by molar-refractivity contribution is 6.20. The Kier molecular flexibility index (Phi) is 6.06. The maximum Gasteiger partial charge on any atom is 0.279 e. The van der Waals surface area contributed by atoms with Gasteiger partial charge in [-0.1, -0.05) is 36.4 Å². The van der Waals surface area contributed by atoms with E-state index in [0.29, 0.717) is 6.54 Å². The summed E-state index contributed by atoms with van der Waals surface area (Å²) in [7, 11) is 3.16. The maximum atomic E-state index is 12.8. The SMILES string of the molecule is CCN1C(=O)C(NCc2ccccc2)=C(Nc2cccc(C(=O)N(C)C)c2O)C1=O. The van der Waals surface area contributed by atoms with E-state index in [1.54, 1.807) is 27.1 Å². The van der Waals surface area contributed by atoms with E-state index in [9.17, 15) is 19.5 Å². The van der Waals surface area contributed by atoms with Gasteiger partial charge in [-0.05, 0) is 24.6 Å². The standard InChI is InChI=1S/C22H24N4O4/c1-4-26-21(29)17(23-13-14-9-6-5-7-10-14)18(22(26)30)24-16-12-8-11-15(19(16)27)20(28)25(2)3/h5-12,23-24,27H,4,13H2,1-3H3. The number of phenols is 1. The van der Waals surface area contributed by atoms with Crippen LogP contribution < -0.4 is 10.6 Å². The van der Waals surface area contributed by atoms with Crippen molar-refractivity contribution < 1.29 is 19.5 Å². The molecule has 3 N–H and O–H groups in total. The summed E-state index contributed by atoms with van der Waals surface area (Å²) in [4.78, 5) is 40.3. The second-order valence-corrected chi connectivity index (χ2v) is 6.97. The van der Waals surface area contributed by atoms with Crippen LogP contribution in [0.4, 0.5) is 5.69 Å². The number of amides is 3. The fourth-order valence-corrected chi connectivity index (χ4v) is 3.12. The quantitative estimate of drug-likeness (QED) is 0.478. The van der Waals surface area contributed by atoms with Crippen molar-refractivity contribution in [1.29, 1.82) is 0 Å². The third-order valence-corrected chi connectivity index (χ3v) is 4.73. The van der Waals surface area contributed by atoms with Crippen molar-refractivity contribution >= 4 is 23.4 Å². The Balaban J connectivity index is 1.94. The van der Waals surface area contributed by atoms with Gasteiger partial charge in [0.25, 0.3) is 17.7 Å². The minimum atomic E-state index is -0.498. The second kappa shape index (κ2) is 8.69. The number of benzene rings is 2. The molecule has 0 bridgehead atoms. The van der Waals surface area contributed by atoms with Crippen LogP contribution in [0, 0.1) is 0 Å². The van der Waals surface area contributed by atoms with Crippen LogP contribution in [-0.4, -0.2) is 53.3 Å². The highest BCUT2D eigenvalue weighted by Gasteiger charge is 2.38. The molecule has 0 saturated carbocycles. The number of hydrogen-bond donors (Lipinski definition) is 3. The van der Waals surface area contributed by atoms with Gasteiger partial charge in [-0.15, -0.1) is 0 Å². The highest BCUT2D eigenvalue weighted by atomic mass is 16.3. The first-order valence-corrected chi connectivity index (χ1v) is 9.54. The van der Waals surface area contributed by atoms with Gasteiger partial charge in [-0.3, -0.25) is 19.3 Å². The van der Waals surface area contributed by atoms with E-state index in [-0.39, 0.29) is 40.8 Å². The lowest BCUT2D eigenvalue weighted by Crippen LogP contribution is -2.33. The van der Waals surface area contributed by atoms with Crippen molar-refractivity contribution in [3.63, 3.8) is 0 Å². The van der Waals surface area contributed by atoms with Crippen molar-refractivity contribution in [2.45, 2.75) is 13.5 Å². The summed E-state index contributed by atoms with van der Waals surface area (Å²) in [5, 5.41) is 16.5. The first kappa shape index (κ1) is 20.9. The van der Waals surface area contributed by atoms with Crippen LogP contribution >= 0.6 is 0 Å². The number of phenolic OH excluding ortho intramolecular Hbond substituents is 1. The normalized spacial score (nSPS) is 13.6. The van der Waals surface area contributed by atoms with E-state index in [0.717, 1.165) is 10.5 Å². The van der Waals surface area contributed by atoms with Crippen molar-refractivity contribution in [3.05, 3.63) is 71.1 Å². The molecule has 30 heavy (non-hydrogen) atoms. The number of anilines is 1. The van der Waals surface area contributed by atoms with Gasteiger partial charge in [0.2, 0.25) is 0 Å². The molecule has 0 fully saturated rings. The molecule has 2 aromatic rings. The van der Waals surface area contributed by atoms with Gasteiger partial charge in [0.1, 0.15) is 11.4 Å². The summed E-state index contributed by atoms with van der Waals surface area (Å²) in [5.41, 5.74) is 1.35. The average molecular weight is 408 g/mol. The Morgan fingerprint density at radius 2 is 1.67 bits per heavy atom. The number of aromatic hydroxyl groups is 1. The molecule has 1 aliphatic rings. The molecule has 1 aliphatic heterocycles. The monoisotopic (exact) mass is 408 g/mol. The van der Waals surface area contributed by atoms with Crippen LogP contribution in [0.25, 0.3) is 0 Å². The van der Waals surface area contributed by atoms with Crippen LogP contribution in [0.2, 0.25) is 0 Å². The zero-order chi connectivity index (χ0) is 21.8. The predicted octanol–water partition coefficient (Wildman–Crippen LogP) is 1.90. The minimum absolute atomic E-state index is 0.0301. The molecule has 1 heterocycles. The van der Waals surface area contributed by atoms with Crippen LogP contribution in [0.15, 0.2) is 59.9 Å². The number of nitrogens with one attached hydrogen (secondary N) is 2. The van der Waals surface area contributed by atoms with Crippen LogP contribution in [0.5, 0.6) is 5.75 Å². The molecule has 3 rings (SSSR count). The summed E-state index contributed by atoms with van der Waals surface area (Å²) < 4.78 is 0. The predicted molar refractivity (Wildman–Crippen MR) is 112 cm³/mol. The smallest absolute Gasteiger partial charge is 0.279 e. The molecule has 8 heteroatoms. The van der Waals surface area contributed by atoms with Gasteiger partial charge in [0.15, 0.2) is 5.75 Å². The van der Waals surface area contributed by atoms with Gasteiger partial charge in [-0.2, -0.15) is 0 Å². The van der Waals surface area contributed by atoms with Gasteiger partial charge >= 0.3 is 0 Å². The van der Waals surface area contributed by atoms with Crippen LogP contribution in [0.1, 0.15) is 22.8 Å². The van der Waals surface area contributed by atoms with Crippen molar-refractivity contribution in [2.75, 3.05) is 26.0 Å². The largest absolute Gasteiger partial charge is 0.505 e. The minimum Gasteiger partial charge on any atom is -0.505 e. The summed E-state index contributed by atoms with van der Waals surface area (Å²) in [6.07, 6.45) is 0. The highest BCUT2D eigenvalue weighted by Crippen LogP contribution is 2.31. The molecule has 0 aromatic heterocycles. The summed E-state index contributed by atoms with van der Waals surface area (Å²) in [6, 6.07) is 14.1. The zero-order valence-electron chi connectivity index (χ0n) is 17.1. The number of imide groups is 1. The number of nitrogens with zero attached hydrogens (tertiary/aromatic N) is 2. The third kappa shape index (κ3) is 3.98. The topological polar surface area (TPSA) is 102 Å². The summed E-state index contributed by atoms with van der Waals surface area (Å²) in [5.74, 6) is -1.61. The van der Waals surface area contributed by atoms with Gasteiger partial charge in [0, 0.05) is 27.2 Å². The van der Waals surface area contributed by atoms with E-state index in [4.69, 9.17) is 0 Å². The Morgan fingerprint density at radius 3 is 2.30 bits per heavy atom. The Morgan fingerprint density at radius 1 is 1.00 bits per heavy atom. The molecule has 0 radical (unpaired) electrons. The fourth-order valence-electron chi connectivity index (χ4n) is 3.12. The van der Waals surface area contributed by atoms with E-state index >= 15 is 0 Å². The van der Waals surface area contributed by atoms with Crippen LogP contribution in [0.3, 0.4) is 0 Å². The van der Waals surface area contributed by atoms with Crippen molar-refractivity contribution in [1.82, 2.24) is 15.1 Å². The van der Waals surface area contributed by atoms with Crippen molar-refractivity contribution in [2.24, 2.45) is 0 Å². The summed E-state index contributed by atoms with van der Waals surface area (Å²) >= 11 is 0.